The van der Waals surface area contributed by atoms with Crippen molar-refractivity contribution >= 4 is 11.6 Å². The van der Waals surface area contributed by atoms with E-state index >= 15 is 0 Å². The highest BCUT2D eigenvalue weighted by atomic mass is 19.4. The van der Waals surface area contributed by atoms with Gasteiger partial charge in [-0.05, 0) is 6.07 Å². The van der Waals surface area contributed by atoms with Crippen molar-refractivity contribution in [1.29, 1.82) is 0 Å². The number of halogens is 3. The molecule has 10 heteroatoms. The molecule has 0 spiro atoms. The lowest BCUT2D eigenvalue weighted by atomic mass is 10.1. The average Bonchev–Trinajstić information content (AvgIpc) is 3.13. The normalized spacial score (nSPS) is 11.9. The maximum absolute atomic E-state index is 13.1. The fourth-order valence-corrected chi connectivity index (χ4v) is 2.02. The molecular weight excluding hydrogens is 315 g/mol. The van der Waals surface area contributed by atoms with Gasteiger partial charge < -0.3 is 9.32 Å². The lowest BCUT2D eigenvalue weighted by Crippen LogP contribution is -2.24. The summed E-state index contributed by atoms with van der Waals surface area (Å²) < 4.78 is 45.5. The lowest BCUT2D eigenvalue weighted by molar-refractivity contribution is -0.137. The van der Waals surface area contributed by atoms with Gasteiger partial charge in [0.2, 0.25) is 5.82 Å². The molecule has 120 valence electrons. The van der Waals surface area contributed by atoms with Gasteiger partial charge in [-0.25, -0.2) is 4.98 Å². The zero-order chi connectivity index (χ0) is 16.8. The molecule has 0 aliphatic heterocycles. The largest absolute Gasteiger partial charge is 0.443 e. The fraction of sp³-hybridized carbons (Fsp3) is 0.231. The maximum Gasteiger partial charge on any atom is 0.417 e. The van der Waals surface area contributed by atoms with E-state index in [2.05, 4.69) is 15.2 Å². The van der Waals surface area contributed by atoms with Crippen LogP contribution in [0.3, 0.4) is 0 Å². The Hall–Kier alpha value is -2.91. The second-order valence-corrected chi connectivity index (χ2v) is 4.92. The Labute approximate surface area is 127 Å². The lowest BCUT2D eigenvalue weighted by Gasteiger charge is -2.11. The quantitative estimate of drug-likeness (QED) is 0.721. The van der Waals surface area contributed by atoms with Gasteiger partial charge in [0.1, 0.15) is 0 Å². The summed E-state index contributed by atoms with van der Waals surface area (Å²) in [4.78, 5) is 16.9. The highest BCUT2D eigenvalue weighted by Crippen LogP contribution is 2.34. The van der Waals surface area contributed by atoms with Crippen molar-refractivity contribution in [1.82, 2.24) is 24.5 Å². The summed E-state index contributed by atoms with van der Waals surface area (Å²) in [5, 5.41) is 7.51. The number of carbonyl (C=O) groups is 1. The fourth-order valence-electron chi connectivity index (χ4n) is 2.02. The highest BCUT2D eigenvalue weighted by molar-refractivity contribution is 5.92. The molecule has 0 fully saturated rings. The van der Waals surface area contributed by atoms with Crippen molar-refractivity contribution < 1.29 is 22.4 Å². The number of pyridine rings is 1. The van der Waals surface area contributed by atoms with E-state index in [4.69, 9.17) is 4.42 Å². The second kappa shape index (κ2) is 5.07. The number of alkyl halides is 3. The molecule has 0 radical (unpaired) electrons. The van der Waals surface area contributed by atoms with Crippen molar-refractivity contribution in [3.8, 4) is 11.3 Å². The maximum atomic E-state index is 13.1. The Morgan fingerprint density at radius 3 is 2.61 bits per heavy atom. The van der Waals surface area contributed by atoms with Crippen LogP contribution in [0.2, 0.25) is 0 Å². The van der Waals surface area contributed by atoms with Gasteiger partial charge in [0.05, 0.1) is 17.3 Å². The standard InChI is InChI=1S/C13H10F3N5O2/c1-20(2)12(22)11-19-18-10-8(9-4-17-6-23-9)3-7(5-21(10)11)13(14,15)16/h3-6H,1-2H3. The third-order valence-electron chi connectivity index (χ3n) is 3.13. The van der Waals surface area contributed by atoms with Crippen LogP contribution in [-0.4, -0.2) is 44.5 Å². The molecule has 7 nitrogen and oxygen atoms in total. The summed E-state index contributed by atoms with van der Waals surface area (Å²) in [6.07, 6.45) is -1.47. The number of aromatic nitrogens is 4. The van der Waals surface area contributed by atoms with E-state index in [1.54, 1.807) is 0 Å². The molecule has 0 saturated heterocycles. The first-order valence-electron chi connectivity index (χ1n) is 6.35. The summed E-state index contributed by atoms with van der Waals surface area (Å²) >= 11 is 0. The molecule has 1 amide bonds. The van der Waals surface area contributed by atoms with Crippen LogP contribution in [0.25, 0.3) is 17.0 Å². The van der Waals surface area contributed by atoms with Gasteiger partial charge >= 0.3 is 6.18 Å². The Kier molecular flexibility index (Phi) is 3.31. The van der Waals surface area contributed by atoms with Crippen molar-refractivity contribution in [3.63, 3.8) is 0 Å². The van der Waals surface area contributed by atoms with Crippen LogP contribution in [-0.2, 0) is 6.18 Å². The third kappa shape index (κ3) is 2.51. The highest BCUT2D eigenvalue weighted by Gasteiger charge is 2.33. The predicted molar refractivity (Wildman–Crippen MR) is 71.5 cm³/mol. The molecule has 3 aromatic heterocycles. The van der Waals surface area contributed by atoms with Crippen LogP contribution in [0, 0.1) is 0 Å². The van der Waals surface area contributed by atoms with E-state index in [0.717, 1.165) is 23.1 Å². The zero-order valence-electron chi connectivity index (χ0n) is 12.0. The second-order valence-electron chi connectivity index (χ2n) is 4.92. The van der Waals surface area contributed by atoms with Crippen LogP contribution in [0.1, 0.15) is 16.2 Å². The summed E-state index contributed by atoms with van der Waals surface area (Å²) in [5.41, 5.74) is -0.841. The van der Waals surface area contributed by atoms with E-state index in [9.17, 15) is 18.0 Å². The summed E-state index contributed by atoms with van der Waals surface area (Å²) in [7, 11) is 2.93. The number of carbonyl (C=O) groups excluding carboxylic acids is 1. The number of fused-ring (bicyclic) bond motifs is 1. The number of hydrogen-bond acceptors (Lipinski definition) is 5. The third-order valence-corrected chi connectivity index (χ3v) is 3.13. The first kappa shape index (κ1) is 15.0. The first-order chi connectivity index (χ1) is 10.8. The SMILES string of the molecule is CN(C)C(=O)c1nnc2c(-c3cnco3)cc(C(F)(F)F)cn12. The van der Waals surface area contributed by atoms with E-state index in [0.29, 0.717) is 0 Å². The summed E-state index contributed by atoms with van der Waals surface area (Å²) in [6.45, 7) is 0. The molecule has 0 atom stereocenters. The number of rotatable bonds is 2. The van der Waals surface area contributed by atoms with Crippen LogP contribution in [0.5, 0.6) is 0 Å². The van der Waals surface area contributed by atoms with Crippen molar-refractivity contribution in [2.75, 3.05) is 14.1 Å². The van der Waals surface area contributed by atoms with Crippen molar-refractivity contribution in [2.45, 2.75) is 6.18 Å². The molecule has 3 aromatic rings. The first-order valence-corrected chi connectivity index (χ1v) is 6.35. The van der Waals surface area contributed by atoms with E-state index in [1.807, 2.05) is 0 Å². The van der Waals surface area contributed by atoms with Gasteiger partial charge in [-0.15, -0.1) is 10.2 Å². The zero-order valence-corrected chi connectivity index (χ0v) is 12.0. The van der Waals surface area contributed by atoms with Gasteiger partial charge in [0.25, 0.3) is 5.91 Å². The van der Waals surface area contributed by atoms with Crippen LogP contribution < -0.4 is 0 Å². The molecule has 0 aliphatic rings. The van der Waals surface area contributed by atoms with Crippen molar-refractivity contribution in [2.24, 2.45) is 0 Å². The van der Waals surface area contributed by atoms with Gasteiger partial charge in [0.15, 0.2) is 17.8 Å². The Bertz CT molecular complexity index is 868. The Morgan fingerprint density at radius 1 is 1.30 bits per heavy atom. The van der Waals surface area contributed by atoms with E-state index in [1.165, 1.54) is 25.2 Å². The average molecular weight is 325 g/mol. The molecule has 0 aromatic carbocycles. The molecule has 0 bridgehead atoms. The number of hydrogen-bond donors (Lipinski definition) is 0. The predicted octanol–water partition coefficient (Wildman–Crippen LogP) is 2.10. The van der Waals surface area contributed by atoms with Crippen LogP contribution in [0.15, 0.2) is 29.3 Å². The topological polar surface area (TPSA) is 76.5 Å². The van der Waals surface area contributed by atoms with Gasteiger partial charge in [-0.1, -0.05) is 0 Å². The Morgan fingerprint density at radius 2 is 2.04 bits per heavy atom. The number of amides is 1. The summed E-state index contributed by atoms with van der Waals surface area (Å²) in [5.74, 6) is -0.699. The monoisotopic (exact) mass is 325 g/mol. The molecule has 3 heterocycles. The van der Waals surface area contributed by atoms with Gasteiger partial charge in [-0.3, -0.25) is 9.20 Å². The van der Waals surface area contributed by atoms with Crippen molar-refractivity contribution in [3.05, 3.63) is 36.2 Å². The van der Waals surface area contributed by atoms with Crippen LogP contribution >= 0.6 is 0 Å². The van der Waals surface area contributed by atoms with E-state index < -0.39 is 17.6 Å². The molecule has 0 saturated carbocycles. The molecule has 3 rings (SSSR count). The molecule has 0 N–H and O–H groups in total. The van der Waals surface area contributed by atoms with E-state index in [-0.39, 0.29) is 22.8 Å². The molecule has 0 unspecified atom stereocenters. The minimum atomic E-state index is -4.61. The summed E-state index contributed by atoms with van der Waals surface area (Å²) in [6, 6.07) is 0.883. The molecule has 23 heavy (non-hydrogen) atoms. The van der Waals surface area contributed by atoms with Gasteiger partial charge in [-0.2, -0.15) is 13.2 Å². The Balaban J connectivity index is 2.33. The number of nitrogens with zero attached hydrogens (tertiary/aromatic N) is 5. The van der Waals surface area contributed by atoms with Gasteiger partial charge in [0, 0.05) is 20.3 Å². The molecule has 0 aliphatic carbocycles. The minimum Gasteiger partial charge on any atom is -0.443 e. The minimum absolute atomic E-state index is 0.0441. The smallest absolute Gasteiger partial charge is 0.417 e. The molecular formula is C13H10F3N5O2. The van der Waals surface area contributed by atoms with Crippen LogP contribution in [0.4, 0.5) is 13.2 Å². The number of oxazole rings is 1.